The first-order valence-electron chi connectivity index (χ1n) is 7.43. The molecular formula is C15H18ClN3S. The first-order valence-corrected chi connectivity index (χ1v) is 8.62. The van der Waals surface area contributed by atoms with E-state index < -0.39 is 0 Å². The Kier molecular flexibility index (Phi) is 3.11. The Morgan fingerprint density at radius 1 is 1.25 bits per heavy atom. The van der Waals surface area contributed by atoms with Gasteiger partial charge < -0.3 is 4.90 Å². The van der Waals surface area contributed by atoms with E-state index in [1.54, 1.807) is 11.3 Å². The molecule has 2 aromatic rings. The molecule has 2 fully saturated rings. The summed E-state index contributed by atoms with van der Waals surface area (Å²) in [6.45, 7) is 3.23. The van der Waals surface area contributed by atoms with E-state index in [-0.39, 0.29) is 0 Å². The van der Waals surface area contributed by atoms with Crippen molar-refractivity contribution < 1.29 is 0 Å². The Morgan fingerprint density at radius 3 is 3.00 bits per heavy atom. The highest BCUT2D eigenvalue weighted by molar-refractivity contribution is 7.18. The average molecular weight is 308 g/mol. The second kappa shape index (κ2) is 4.85. The molecule has 5 heteroatoms. The maximum absolute atomic E-state index is 6.15. The van der Waals surface area contributed by atoms with Crippen LogP contribution >= 0.6 is 22.9 Å². The molecule has 1 saturated carbocycles. The number of anilines is 1. The van der Waals surface area contributed by atoms with Gasteiger partial charge in [0.05, 0.1) is 5.39 Å². The lowest BCUT2D eigenvalue weighted by atomic mass is 9.92. The number of fused-ring (bicyclic) bond motifs is 2. The van der Waals surface area contributed by atoms with Crippen LogP contribution in [0.2, 0.25) is 5.28 Å². The summed E-state index contributed by atoms with van der Waals surface area (Å²) in [5, 5.41) is 1.57. The van der Waals surface area contributed by atoms with Gasteiger partial charge in [-0.15, -0.1) is 11.3 Å². The molecule has 2 aliphatic rings. The summed E-state index contributed by atoms with van der Waals surface area (Å²) in [6.07, 6.45) is 6.69. The molecule has 106 valence electrons. The molecule has 1 saturated heterocycles. The molecule has 20 heavy (non-hydrogen) atoms. The highest BCUT2D eigenvalue weighted by Crippen LogP contribution is 2.41. The van der Waals surface area contributed by atoms with Crippen LogP contribution in [0.25, 0.3) is 10.2 Å². The number of thiophene rings is 1. The largest absolute Gasteiger partial charge is 0.353 e. The molecule has 0 bridgehead atoms. The highest BCUT2D eigenvalue weighted by atomic mass is 35.5. The van der Waals surface area contributed by atoms with Crippen molar-refractivity contribution in [1.29, 1.82) is 0 Å². The van der Waals surface area contributed by atoms with Crippen LogP contribution in [-0.2, 0) is 0 Å². The summed E-state index contributed by atoms with van der Waals surface area (Å²) < 4.78 is 0. The van der Waals surface area contributed by atoms with E-state index in [4.69, 9.17) is 11.6 Å². The van der Waals surface area contributed by atoms with Crippen LogP contribution in [-0.4, -0.2) is 22.6 Å². The maximum Gasteiger partial charge on any atom is 0.225 e. The molecular weight excluding hydrogens is 290 g/mol. The van der Waals surface area contributed by atoms with Crippen LogP contribution in [0.15, 0.2) is 6.07 Å². The van der Waals surface area contributed by atoms with Crippen molar-refractivity contribution in [3.05, 3.63) is 16.2 Å². The van der Waals surface area contributed by atoms with Gasteiger partial charge in [-0.2, -0.15) is 4.98 Å². The summed E-state index contributed by atoms with van der Waals surface area (Å²) >= 11 is 7.86. The van der Waals surface area contributed by atoms with E-state index in [9.17, 15) is 0 Å². The second-order valence-electron chi connectivity index (χ2n) is 5.99. The molecule has 1 aliphatic heterocycles. The minimum Gasteiger partial charge on any atom is -0.353 e. The minimum atomic E-state index is 0.384. The van der Waals surface area contributed by atoms with Crippen LogP contribution < -0.4 is 4.90 Å². The van der Waals surface area contributed by atoms with Gasteiger partial charge in [0.15, 0.2) is 0 Å². The normalized spacial score (nSPS) is 26.2. The van der Waals surface area contributed by atoms with Gasteiger partial charge in [-0.25, -0.2) is 4.98 Å². The summed E-state index contributed by atoms with van der Waals surface area (Å²) in [4.78, 5) is 13.8. The molecule has 0 N–H and O–H groups in total. The van der Waals surface area contributed by atoms with Crippen LogP contribution in [0.3, 0.4) is 0 Å². The van der Waals surface area contributed by atoms with Crippen LogP contribution in [0.5, 0.6) is 0 Å². The lowest BCUT2D eigenvalue weighted by Crippen LogP contribution is -2.43. The number of halogens is 1. The molecule has 0 radical (unpaired) electrons. The van der Waals surface area contributed by atoms with E-state index in [1.165, 1.54) is 42.4 Å². The lowest BCUT2D eigenvalue weighted by molar-refractivity contribution is 0.361. The van der Waals surface area contributed by atoms with Gasteiger partial charge in [0.1, 0.15) is 10.6 Å². The third-order valence-electron chi connectivity index (χ3n) is 4.73. The second-order valence-corrected chi connectivity index (χ2v) is 7.56. The number of hydrogen-bond acceptors (Lipinski definition) is 4. The van der Waals surface area contributed by atoms with Crippen molar-refractivity contribution in [3.63, 3.8) is 0 Å². The van der Waals surface area contributed by atoms with Crippen molar-refractivity contribution in [2.45, 2.75) is 45.1 Å². The quantitative estimate of drug-likeness (QED) is 0.730. The van der Waals surface area contributed by atoms with Crippen LogP contribution in [0, 0.1) is 12.8 Å². The summed E-state index contributed by atoms with van der Waals surface area (Å²) in [6, 6.07) is 2.88. The third-order valence-corrected chi connectivity index (χ3v) is 5.85. The summed E-state index contributed by atoms with van der Waals surface area (Å²) in [7, 11) is 0. The Labute approximate surface area is 128 Å². The van der Waals surface area contributed by atoms with Gasteiger partial charge in [0.25, 0.3) is 0 Å². The van der Waals surface area contributed by atoms with E-state index in [1.807, 2.05) is 0 Å². The third kappa shape index (κ3) is 2.01. The smallest absolute Gasteiger partial charge is 0.225 e. The number of hydrogen-bond donors (Lipinski definition) is 0. The number of aryl methyl sites for hydroxylation is 1. The van der Waals surface area contributed by atoms with E-state index >= 15 is 0 Å². The zero-order chi connectivity index (χ0) is 13.7. The van der Waals surface area contributed by atoms with Crippen LogP contribution in [0.1, 0.15) is 37.0 Å². The number of rotatable bonds is 1. The Balaban J connectivity index is 1.84. The Hall–Kier alpha value is -0.870. The molecule has 3 heterocycles. The number of aromatic nitrogens is 2. The van der Waals surface area contributed by atoms with Gasteiger partial charge in [-0.1, -0.05) is 6.42 Å². The van der Waals surface area contributed by atoms with E-state index in [2.05, 4.69) is 27.9 Å². The van der Waals surface area contributed by atoms with Gasteiger partial charge >= 0.3 is 0 Å². The van der Waals surface area contributed by atoms with Crippen molar-refractivity contribution in [3.8, 4) is 0 Å². The zero-order valence-electron chi connectivity index (χ0n) is 11.6. The SMILES string of the molecule is Cc1cc2c(N3CCCC4CCCC43)nc(Cl)nc2s1. The standard InChI is InChI=1S/C15H18ClN3S/c1-9-8-11-13(17-15(16)18-14(11)20-9)19-7-3-5-10-4-2-6-12(10)19/h8,10,12H,2-7H2,1H3. The highest BCUT2D eigenvalue weighted by Gasteiger charge is 2.36. The molecule has 2 aromatic heterocycles. The van der Waals surface area contributed by atoms with E-state index in [0.717, 1.165) is 23.1 Å². The van der Waals surface area contributed by atoms with Crippen LogP contribution in [0.4, 0.5) is 5.82 Å². The molecule has 4 rings (SSSR count). The fourth-order valence-corrected chi connectivity index (χ4v) is 5.03. The molecule has 3 nitrogen and oxygen atoms in total. The van der Waals surface area contributed by atoms with Gasteiger partial charge in [0, 0.05) is 17.5 Å². The predicted molar refractivity (Wildman–Crippen MR) is 84.9 cm³/mol. The van der Waals surface area contributed by atoms with Gasteiger partial charge in [-0.3, -0.25) is 0 Å². The predicted octanol–water partition coefficient (Wildman–Crippen LogP) is 4.42. The minimum absolute atomic E-state index is 0.384. The molecule has 2 unspecified atom stereocenters. The van der Waals surface area contributed by atoms with Crippen molar-refractivity contribution in [2.24, 2.45) is 5.92 Å². The first-order chi connectivity index (χ1) is 9.72. The zero-order valence-corrected chi connectivity index (χ0v) is 13.2. The summed E-state index contributed by atoms with van der Waals surface area (Å²) in [5.41, 5.74) is 0. The monoisotopic (exact) mass is 307 g/mol. The fraction of sp³-hybridized carbons (Fsp3) is 0.600. The average Bonchev–Trinajstić information content (AvgIpc) is 3.02. The van der Waals surface area contributed by atoms with Crippen molar-refractivity contribution >= 4 is 39.0 Å². The Morgan fingerprint density at radius 2 is 2.10 bits per heavy atom. The number of nitrogens with zero attached hydrogens (tertiary/aromatic N) is 3. The molecule has 1 aliphatic carbocycles. The maximum atomic E-state index is 6.15. The molecule has 0 amide bonds. The molecule has 2 atom stereocenters. The summed E-state index contributed by atoms with van der Waals surface area (Å²) in [5.74, 6) is 1.92. The topological polar surface area (TPSA) is 29.0 Å². The van der Waals surface area contributed by atoms with Gasteiger partial charge in [-0.05, 0) is 56.2 Å². The van der Waals surface area contributed by atoms with Gasteiger partial charge in [0.2, 0.25) is 5.28 Å². The fourth-order valence-electron chi connectivity index (χ4n) is 3.94. The number of piperidine rings is 1. The molecule has 0 spiro atoms. The van der Waals surface area contributed by atoms with E-state index in [0.29, 0.717) is 11.3 Å². The molecule has 0 aromatic carbocycles. The van der Waals surface area contributed by atoms with Crippen molar-refractivity contribution in [1.82, 2.24) is 9.97 Å². The first kappa shape index (κ1) is 12.8. The lowest BCUT2D eigenvalue weighted by Gasteiger charge is -2.38. The Bertz CT molecular complexity index is 654. The van der Waals surface area contributed by atoms with Crippen molar-refractivity contribution in [2.75, 3.05) is 11.4 Å².